The van der Waals surface area contributed by atoms with Crippen molar-refractivity contribution in [2.75, 3.05) is 12.1 Å². The van der Waals surface area contributed by atoms with Gasteiger partial charge in [0.15, 0.2) is 11.5 Å². The lowest BCUT2D eigenvalue weighted by Gasteiger charge is -2.18. The van der Waals surface area contributed by atoms with Gasteiger partial charge in [-0.15, -0.1) is 0 Å². The average Bonchev–Trinajstić information content (AvgIpc) is 2.80. The summed E-state index contributed by atoms with van der Waals surface area (Å²) in [6.07, 6.45) is 1.91. The predicted octanol–water partition coefficient (Wildman–Crippen LogP) is 1.38. The van der Waals surface area contributed by atoms with Crippen molar-refractivity contribution in [3.05, 3.63) is 12.7 Å². The number of fused-ring (bicyclic) bond motifs is 1. The number of rotatable bonds is 7. The summed E-state index contributed by atoms with van der Waals surface area (Å²) < 4.78 is 23.8. The summed E-state index contributed by atoms with van der Waals surface area (Å²) in [4.78, 5) is 21.8. The molecule has 2 aromatic rings. The molecule has 0 saturated heterocycles. The second-order valence-electron chi connectivity index (χ2n) is 5.23. The Kier molecular flexibility index (Phi) is 5.12. The van der Waals surface area contributed by atoms with E-state index in [1.165, 1.54) is 6.33 Å². The van der Waals surface area contributed by atoms with E-state index in [1.807, 2.05) is 0 Å². The van der Waals surface area contributed by atoms with E-state index in [0.717, 1.165) is 0 Å². The molecule has 0 aromatic carbocycles. The standard InChI is InChI=1S/C12H20N5O4P/c1-8(2)21-22(18,19)7-20-9(3)4-17-6-16-10-11(13)14-5-15-12(10)17/h5-6,8-9H,4,7H2,1-3H3,(H,18,19)(H2,13,14,15)/t9-/m1/s1. The molecule has 0 spiro atoms. The molecule has 0 saturated carbocycles. The van der Waals surface area contributed by atoms with Crippen LogP contribution in [-0.2, 0) is 20.4 Å². The van der Waals surface area contributed by atoms with Gasteiger partial charge in [0.25, 0.3) is 0 Å². The van der Waals surface area contributed by atoms with Crippen LogP contribution in [0.2, 0.25) is 0 Å². The molecule has 0 fully saturated rings. The summed E-state index contributed by atoms with van der Waals surface area (Å²) >= 11 is 0. The minimum Gasteiger partial charge on any atom is -0.382 e. The van der Waals surface area contributed by atoms with Crippen LogP contribution in [0.25, 0.3) is 11.2 Å². The molecule has 3 N–H and O–H groups in total. The molecule has 0 aliphatic rings. The van der Waals surface area contributed by atoms with Gasteiger partial charge in [0.1, 0.15) is 18.2 Å². The molecule has 2 atom stereocenters. The lowest BCUT2D eigenvalue weighted by molar-refractivity contribution is 0.0676. The fourth-order valence-electron chi connectivity index (χ4n) is 1.94. The first-order valence-electron chi connectivity index (χ1n) is 6.81. The van der Waals surface area contributed by atoms with Gasteiger partial charge in [-0.25, -0.2) is 15.0 Å². The Morgan fingerprint density at radius 2 is 2.09 bits per heavy atom. The highest BCUT2D eigenvalue weighted by atomic mass is 31.2. The topological polar surface area (TPSA) is 125 Å². The zero-order chi connectivity index (χ0) is 16.3. The number of nitrogens with zero attached hydrogens (tertiary/aromatic N) is 4. The highest BCUT2D eigenvalue weighted by Gasteiger charge is 2.23. The van der Waals surface area contributed by atoms with Crippen LogP contribution in [0.4, 0.5) is 5.82 Å². The van der Waals surface area contributed by atoms with Gasteiger partial charge in [0.05, 0.1) is 25.1 Å². The number of hydrogen-bond donors (Lipinski definition) is 2. The maximum absolute atomic E-state index is 11.7. The SMILES string of the molecule is CC(C)OP(=O)(O)CO[C@H](C)Cn1cnc2c(N)ncnc21. The van der Waals surface area contributed by atoms with Crippen molar-refractivity contribution in [2.24, 2.45) is 0 Å². The smallest absolute Gasteiger partial charge is 0.353 e. The summed E-state index contributed by atoms with van der Waals surface area (Å²) in [5.41, 5.74) is 6.83. The summed E-state index contributed by atoms with van der Waals surface area (Å²) in [6.45, 7) is 5.57. The first kappa shape index (κ1) is 16.8. The quantitative estimate of drug-likeness (QED) is 0.730. The number of imidazole rings is 1. The van der Waals surface area contributed by atoms with E-state index in [2.05, 4.69) is 15.0 Å². The predicted molar refractivity (Wildman–Crippen MR) is 81.2 cm³/mol. The maximum atomic E-state index is 11.7. The number of nitrogens with two attached hydrogens (primary N) is 1. The Bertz CT molecular complexity index is 689. The van der Waals surface area contributed by atoms with Gasteiger partial charge in [-0.05, 0) is 20.8 Å². The second-order valence-corrected chi connectivity index (χ2v) is 6.97. The molecular weight excluding hydrogens is 309 g/mol. The third kappa shape index (κ3) is 4.23. The van der Waals surface area contributed by atoms with Gasteiger partial charge < -0.3 is 24.5 Å². The molecule has 2 aromatic heterocycles. The summed E-state index contributed by atoms with van der Waals surface area (Å²) in [6, 6.07) is 0. The number of ether oxygens (including phenoxy) is 1. The molecule has 10 heteroatoms. The fourth-order valence-corrected chi connectivity index (χ4v) is 3.11. The lowest BCUT2D eigenvalue weighted by atomic mass is 10.4. The Morgan fingerprint density at radius 1 is 1.36 bits per heavy atom. The van der Waals surface area contributed by atoms with Crippen molar-refractivity contribution in [3.8, 4) is 0 Å². The van der Waals surface area contributed by atoms with Crippen molar-refractivity contribution < 1.29 is 18.7 Å². The number of aromatic nitrogens is 4. The van der Waals surface area contributed by atoms with E-state index in [9.17, 15) is 9.46 Å². The molecule has 122 valence electrons. The van der Waals surface area contributed by atoms with Gasteiger partial charge in [-0.2, -0.15) is 0 Å². The van der Waals surface area contributed by atoms with E-state index in [0.29, 0.717) is 23.5 Å². The largest absolute Gasteiger partial charge is 0.382 e. The van der Waals surface area contributed by atoms with E-state index in [1.54, 1.807) is 31.7 Å². The Labute approximate surface area is 128 Å². The third-order valence-corrected chi connectivity index (χ3v) is 4.01. The summed E-state index contributed by atoms with van der Waals surface area (Å²) in [7, 11) is -3.74. The highest BCUT2D eigenvalue weighted by Crippen LogP contribution is 2.43. The molecule has 2 heterocycles. The second kappa shape index (κ2) is 6.70. The molecule has 0 amide bonds. The number of hydrogen-bond acceptors (Lipinski definition) is 7. The van der Waals surface area contributed by atoms with Gasteiger partial charge in [-0.1, -0.05) is 0 Å². The van der Waals surface area contributed by atoms with Crippen molar-refractivity contribution in [1.29, 1.82) is 0 Å². The zero-order valence-corrected chi connectivity index (χ0v) is 13.6. The third-order valence-electron chi connectivity index (χ3n) is 2.78. The highest BCUT2D eigenvalue weighted by molar-refractivity contribution is 7.52. The fraction of sp³-hybridized carbons (Fsp3) is 0.583. The number of anilines is 1. The molecule has 0 aliphatic heterocycles. The number of nitrogen functional groups attached to an aromatic ring is 1. The molecule has 22 heavy (non-hydrogen) atoms. The van der Waals surface area contributed by atoms with Crippen molar-refractivity contribution in [3.63, 3.8) is 0 Å². The Morgan fingerprint density at radius 3 is 2.77 bits per heavy atom. The van der Waals surface area contributed by atoms with Crippen LogP contribution in [0.1, 0.15) is 20.8 Å². The molecule has 0 aliphatic carbocycles. The van der Waals surface area contributed by atoms with E-state index in [4.69, 9.17) is 15.0 Å². The molecule has 9 nitrogen and oxygen atoms in total. The minimum absolute atomic E-state index is 0.308. The van der Waals surface area contributed by atoms with Crippen LogP contribution in [-0.4, -0.2) is 43.0 Å². The Balaban J connectivity index is 1.98. The van der Waals surface area contributed by atoms with E-state index in [-0.39, 0.29) is 18.6 Å². The van der Waals surface area contributed by atoms with Gasteiger partial charge in [0, 0.05) is 0 Å². The molecule has 1 unspecified atom stereocenters. The average molecular weight is 329 g/mol. The maximum Gasteiger partial charge on any atom is 0.353 e. The molecule has 0 bridgehead atoms. The van der Waals surface area contributed by atoms with E-state index >= 15 is 0 Å². The summed E-state index contributed by atoms with van der Waals surface area (Å²) in [5.74, 6) is 0.308. The minimum atomic E-state index is -3.74. The molecule has 0 radical (unpaired) electrons. The van der Waals surface area contributed by atoms with Gasteiger partial charge >= 0.3 is 7.60 Å². The van der Waals surface area contributed by atoms with Crippen LogP contribution in [0.15, 0.2) is 12.7 Å². The van der Waals surface area contributed by atoms with Crippen LogP contribution >= 0.6 is 7.60 Å². The van der Waals surface area contributed by atoms with Crippen molar-refractivity contribution in [2.45, 2.75) is 39.5 Å². The molecule has 2 rings (SSSR count). The Hall–Kier alpha value is -1.54. The van der Waals surface area contributed by atoms with Gasteiger partial charge in [-0.3, -0.25) is 4.57 Å². The van der Waals surface area contributed by atoms with Crippen LogP contribution in [0, 0.1) is 0 Å². The first-order chi connectivity index (χ1) is 10.3. The monoisotopic (exact) mass is 329 g/mol. The normalized spacial score (nSPS) is 16.0. The van der Waals surface area contributed by atoms with Crippen LogP contribution in [0.5, 0.6) is 0 Å². The zero-order valence-electron chi connectivity index (χ0n) is 12.7. The van der Waals surface area contributed by atoms with Crippen molar-refractivity contribution in [1.82, 2.24) is 19.5 Å². The lowest BCUT2D eigenvalue weighted by Crippen LogP contribution is -2.18. The van der Waals surface area contributed by atoms with Gasteiger partial charge in [0.2, 0.25) is 0 Å². The first-order valence-corrected chi connectivity index (χ1v) is 8.58. The summed E-state index contributed by atoms with van der Waals surface area (Å²) in [5, 5.41) is 0. The van der Waals surface area contributed by atoms with Crippen LogP contribution < -0.4 is 5.73 Å². The van der Waals surface area contributed by atoms with Crippen LogP contribution in [0.3, 0.4) is 0 Å². The van der Waals surface area contributed by atoms with Crippen molar-refractivity contribution >= 4 is 24.6 Å². The van der Waals surface area contributed by atoms with E-state index < -0.39 is 7.60 Å². The molecular formula is C12H20N5O4P.